The van der Waals surface area contributed by atoms with Gasteiger partial charge in [-0.15, -0.1) is 0 Å². The molecule has 0 bridgehead atoms. The van der Waals surface area contributed by atoms with Crippen molar-refractivity contribution in [2.75, 3.05) is 0 Å². The molecule has 0 atom stereocenters. The van der Waals surface area contributed by atoms with Gasteiger partial charge in [-0.25, -0.2) is 0 Å². The van der Waals surface area contributed by atoms with Crippen LogP contribution in [0.1, 0.15) is 79.0 Å². The molecule has 1 aliphatic rings. The number of aromatic nitrogens is 5. The van der Waals surface area contributed by atoms with Gasteiger partial charge < -0.3 is 0 Å². The Morgan fingerprint density at radius 1 is 0.680 bits per heavy atom. The van der Waals surface area contributed by atoms with Gasteiger partial charge in [-0.3, -0.25) is 0 Å². The van der Waals surface area contributed by atoms with Crippen LogP contribution >= 0.6 is 0 Å². The summed E-state index contributed by atoms with van der Waals surface area (Å²) in [5.74, 6) is 2.34. The molecule has 1 aliphatic carbocycles. The predicted octanol–water partition coefficient (Wildman–Crippen LogP) is 10.6. The standard InChI is InChI=1S/C43H45N5O.Pt/c1-40(2,3)27-17-18-45-39(19-27)48-37-21-29(49-30-20-28(24-44-25-30)47-26-46(10)35-13-11-12-14-36(35)47)15-16-31(37)32-22-33-34(23-38(32)48)42(6,7)43(8,9)41(33,4)5;/h11-25H,1-10H3;. The predicted molar refractivity (Wildman–Crippen MR) is 200 cm³/mol. The first-order chi connectivity index (χ1) is 23.5. The van der Waals surface area contributed by atoms with Crippen LogP contribution < -0.4 is 4.74 Å². The van der Waals surface area contributed by atoms with Gasteiger partial charge in [0.05, 0.1) is 0 Å². The molecule has 0 saturated carbocycles. The monoisotopic (exact) mass is 842 g/mol. The van der Waals surface area contributed by atoms with Crippen molar-refractivity contribution >= 4 is 32.8 Å². The van der Waals surface area contributed by atoms with Crippen LogP contribution in [0, 0.1) is 9.22 Å². The van der Waals surface area contributed by atoms with E-state index in [1.165, 1.54) is 33.0 Å². The van der Waals surface area contributed by atoms with Crippen LogP contribution in [-0.4, -0.2) is 23.7 Å². The number of fused-ring (bicyclic) bond motifs is 5. The van der Waals surface area contributed by atoms with Crippen molar-refractivity contribution in [1.29, 1.82) is 0 Å². The first-order valence-electron chi connectivity index (χ1n) is 17.4. The van der Waals surface area contributed by atoms with Gasteiger partial charge in [-0.05, 0) is 44.4 Å². The molecule has 0 N–H and O–H groups in total. The van der Waals surface area contributed by atoms with Crippen LogP contribution in [0.3, 0.4) is 0 Å². The Morgan fingerprint density at radius 2 is 1.36 bits per heavy atom. The van der Waals surface area contributed by atoms with E-state index in [1.54, 1.807) is 6.20 Å². The molecule has 0 amide bonds. The van der Waals surface area contributed by atoms with E-state index in [4.69, 9.17) is 9.72 Å². The molecular weight excluding hydrogens is 798 g/mol. The molecule has 6 nitrogen and oxygen atoms in total. The molecule has 4 heterocycles. The van der Waals surface area contributed by atoms with E-state index in [-0.39, 0.29) is 21.7 Å². The van der Waals surface area contributed by atoms with Crippen molar-refractivity contribution in [3.05, 3.63) is 112 Å². The minimum absolute atomic E-state index is 0.000135. The topological polar surface area (TPSA) is 49.8 Å². The SMILES string of the molecule is Cn1[c](=[Pt])n(-c2cncc(Oc3ccc4c5cc6c(cc5n(-c5cc(C(C)(C)C)ccn5)c4c3)C(C)(C)C(C)(C)C6(C)C)c2)c2ccccc21. The molecule has 8 rings (SSSR count). The number of hydrogen-bond donors (Lipinski definition) is 0. The third kappa shape index (κ3) is 4.60. The molecular formula is C43H45N5OPt. The second kappa shape index (κ2) is 10.9. The number of pyridine rings is 2. The molecule has 258 valence electrons. The number of para-hydroxylation sites is 2. The second-order valence-corrected chi connectivity index (χ2v) is 17.6. The second-order valence-electron chi connectivity index (χ2n) is 16.6. The fourth-order valence-corrected chi connectivity index (χ4v) is 8.92. The Labute approximate surface area is 305 Å². The maximum atomic E-state index is 6.63. The summed E-state index contributed by atoms with van der Waals surface area (Å²) in [6.07, 6.45) is 5.62. The summed E-state index contributed by atoms with van der Waals surface area (Å²) in [7, 11) is 2.09. The fraction of sp³-hybridized carbons (Fsp3) is 0.326. The number of ether oxygens (including phenoxy) is 1. The first kappa shape index (κ1) is 32.9. The van der Waals surface area contributed by atoms with Gasteiger partial charge in [0.1, 0.15) is 0 Å². The molecule has 4 aromatic heterocycles. The number of rotatable bonds is 4. The van der Waals surface area contributed by atoms with Crippen molar-refractivity contribution in [2.45, 2.75) is 78.6 Å². The zero-order valence-electron chi connectivity index (χ0n) is 30.6. The van der Waals surface area contributed by atoms with Gasteiger partial charge in [-0.2, -0.15) is 0 Å². The van der Waals surface area contributed by atoms with Crippen LogP contribution in [0.15, 0.2) is 91.4 Å². The Kier molecular flexibility index (Phi) is 7.14. The van der Waals surface area contributed by atoms with Crippen LogP contribution in [0.25, 0.3) is 44.3 Å². The Balaban J connectivity index is 1.32. The maximum absolute atomic E-state index is 6.63. The van der Waals surface area contributed by atoms with Crippen molar-refractivity contribution in [2.24, 2.45) is 12.5 Å². The summed E-state index contributed by atoms with van der Waals surface area (Å²) in [5.41, 5.74) is 9.59. The number of hydrogen-bond acceptors (Lipinski definition) is 3. The van der Waals surface area contributed by atoms with Gasteiger partial charge in [0.2, 0.25) is 0 Å². The van der Waals surface area contributed by atoms with Crippen LogP contribution in [0.4, 0.5) is 0 Å². The van der Waals surface area contributed by atoms with Crippen molar-refractivity contribution in [3.63, 3.8) is 0 Å². The number of nitrogens with zero attached hydrogens (tertiary/aromatic N) is 5. The summed E-state index contributed by atoms with van der Waals surface area (Å²) in [5, 5.41) is 2.42. The molecule has 7 heteroatoms. The minimum atomic E-state index is -0.0196. The summed E-state index contributed by atoms with van der Waals surface area (Å²) >= 11 is 2.38. The van der Waals surface area contributed by atoms with E-state index in [0.29, 0.717) is 5.75 Å². The van der Waals surface area contributed by atoms with Crippen molar-refractivity contribution < 1.29 is 24.1 Å². The molecule has 0 spiro atoms. The average Bonchev–Trinajstić information content (AvgIpc) is 3.56. The fourth-order valence-electron chi connectivity index (χ4n) is 8.08. The number of aryl methyl sites for hydroxylation is 1. The molecule has 3 aromatic carbocycles. The Morgan fingerprint density at radius 3 is 2.08 bits per heavy atom. The third-order valence-corrected chi connectivity index (χ3v) is 13.6. The normalized spacial score (nSPS) is 16.4. The van der Waals surface area contributed by atoms with Crippen LogP contribution in [0.5, 0.6) is 11.5 Å². The summed E-state index contributed by atoms with van der Waals surface area (Å²) in [6.45, 7) is 21.2. The van der Waals surface area contributed by atoms with Crippen LogP contribution in [0.2, 0.25) is 0 Å². The van der Waals surface area contributed by atoms with Crippen LogP contribution in [-0.2, 0) is 42.6 Å². The number of benzene rings is 3. The quantitative estimate of drug-likeness (QED) is 0.177. The van der Waals surface area contributed by atoms with Gasteiger partial charge in [0, 0.05) is 6.20 Å². The zero-order valence-corrected chi connectivity index (χ0v) is 32.9. The molecule has 0 saturated heterocycles. The summed E-state index contributed by atoms with van der Waals surface area (Å²) < 4.78 is 14.5. The average molecular weight is 843 g/mol. The van der Waals surface area contributed by atoms with E-state index in [1.807, 2.05) is 12.4 Å². The van der Waals surface area contributed by atoms with E-state index in [9.17, 15) is 0 Å². The molecule has 7 aromatic rings. The van der Waals surface area contributed by atoms with Gasteiger partial charge in [0.25, 0.3) is 0 Å². The molecule has 50 heavy (non-hydrogen) atoms. The zero-order chi connectivity index (χ0) is 35.5. The van der Waals surface area contributed by atoms with Gasteiger partial charge in [-0.1, -0.05) is 62.3 Å². The van der Waals surface area contributed by atoms with E-state index in [0.717, 1.165) is 37.6 Å². The Hall–Kier alpha value is -4.28. The molecule has 0 radical (unpaired) electrons. The molecule has 0 unspecified atom stereocenters. The van der Waals surface area contributed by atoms with E-state index in [2.05, 4.69) is 180 Å². The summed E-state index contributed by atoms with van der Waals surface area (Å²) in [6, 6.07) is 26.2. The summed E-state index contributed by atoms with van der Waals surface area (Å²) in [4.78, 5) is 9.59. The molecule has 0 aliphatic heterocycles. The van der Waals surface area contributed by atoms with Crippen molar-refractivity contribution in [1.82, 2.24) is 23.7 Å². The van der Waals surface area contributed by atoms with Crippen molar-refractivity contribution in [3.8, 4) is 23.0 Å². The molecule has 0 fully saturated rings. The Bertz CT molecular complexity index is 2570. The van der Waals surface area contributed by atoms with E-state index >= 15 is 0 Å². The van der Waals surface area contributed by atoms with E-state index < -0.39 is 0 Å². The van der Waals surface area contributed by atoms with Gasteiger partial charge in [0.15, 0.2) is 0 Å². The van der Waals surface area contributed by atoms with Gasteiger partial charge >= 0.3 is 194 Å². The number of imidazole rings is 1. The third-order valence-electron chi connectivity index (χ3n) is 12.3. The first-order valence-corrected chi connectivity index (χ1v) is 18.5.